The molecule has 3 heterocycles. The zero-order valence-corrected chi connectivity index (χ0v) is 15.3. The Morgan fingerprint density at radius 3 is 2.58 bits per heavy atom. The van der Waals surface area contributed by atoms with Crippen molar-refractivity contribution in [1.29, 1.82) is 0 Å². The van der Waals surface area contributed by atoms with Crippen LogP contribution in [0.3, 0.4) is 0 Å². The molecule has 3 aromatic rings. The average Bonchev–Trinajstić information content (AvgIpc) is 3.18. The maximum atomic E-state index is 12.8. The lowest BCUT2D eigenvalue weighted by molar-refractivity contribution is 0.188. The van der Waals surface area contributed by atoms with Gasteiger partial charge in [-0.15, -0.1) is 5.10 Å². The molecular weight excluding hydrogens is 354 g/mol. The van der Waals surface area contributed by atoms with Crippen molar-refractivity contribution < 1.29 is 8.42 Å². The van der Waals surface area contributed by atoms with Gasteiger partial charge in [-0.3, -0.25) is 0 Å². The Morgan fingerprint density at radius 1 is 1.15 bits per heavy atom. The van der Waals surface area contributed by atoms with Gasteiger partial charge in [-0.25, -0.2) is 13.1 Å². The molecule has 136 valence electrons. The van der Waals surface area contributed by atoms with Gasteiger partial charge in [-0.1, -0.05) is 22.9 Å². The molecule has 1 aliphatic rings. The normalized spacial score (nSPS) is 15.9. The van der Waals surface area contributed by atoms with Crippen molar-refractivity contribution in [2.75, 3.05) is 13.1 Å². The number of aromatic nitrogens is 6. The van der Waals surface area contributed by atoms with E-state index in [1.54, 1.807) is 23.1 Å². The van der Waals surface area contributed by atoms with Crippen molar-refractivity contribution in [3.63, 3.8) is 0 Å². The third kappa shape index (κ3) is 3.01. The van der Waals surface area contributed by atoms with Gasteiger partial charge in [-0.2, -0.15) is 19.3 Å². The zero-order chi connectivity index (χ0) is 18.3. The molecule has 0 radical (unpaired) electrons. The van der Waals surface area contributed by atoms with Crippen LogP contribution in [0.15, 0.2) is 41.7 Å². The van der Waals surface area contributed by atoms with Crippen LogP contribution < -0.4 is 0 Å². The van der Waals surface area contributed by atoms with Gasteiger partial charge in [0.1, 0.15) is 12.2 Å². The Balaban J connectivity index is 1.44. The fourth-order valence-corrected chi connectivity index (χ4v) is 4.76. The Hall–Kier alpha value is -2.59. The molecule has 0 saturated carbocycles. The van der Waals surface area contributed by atoms with Gasteiger partial charge in [0, 0.05) is 13.1 Å². The van der Waals surface area contributed by atoms with Gasteiger partial charge in [-0.05, 0) is 25.5 Å². The van der Waals surface area contributed by atoms with Crippen molar-refractivity contribution in [3.05, 3.63) is 53.6 Å². The first-order valence-electron chi connectivity index (χ1n) is 8.26. The molecule has 2 aromatic heterocycles. The van der Waals surface area contributed by atoms with Gasteiger partial charge in [0.15, 0.2) is 0 Å². The van der Waals surface area contributed by atoms with Crippen LogP contribution in [0.4, 0.5) is 0 Å². The van der Waals surface area contributed by atoms with E-state index in [1.165, 1.54) is 9.10 Å². The van der Waals surface area contributed by atoms with E-state index >= 15 is 0 Å². The van der Waals surface area contributed by atoms with Crippen LogP contribution in [-0.4, -0.2) is 55.8 Å². The lowest BCUT2D eigenvalue weighted by atomic mass is 10.2. The first kappa shape index (κ1) is 16.9. The highest BCUT2D eigenvalue weighted by Gasteiger charge is 2.38. The molecule has 9 nitrogen and oxygen atoms in total. The van der Waals surface area contributed by atoms with Crippen molar-refractivity contribution >= 4 is 10.0 Å². The summed E-state index contributed by atoms with van der Waals surface area (Å²) in [6.07, 6.45) is 5.02. The molecule has 10 heteroatoms. The number of sulfonamides is 1. The van der Waals surface area contributed by atoms with Gasteiger partial charge >= 0.3 is 0 Å². The maximum Gasteiger partial charge on any atom is 0.243 e. The maximum absolute atomic E-state index is 12.8. The van der Waals surface area contributed by atoms with Gasteiger partial charge in [0.2, 0.25) is 10.0 Å². The van der Waals surface area contributed by atoms with Crippen molar-refractivity contribution in [2.24, 2.45) is 0 Å². The predicted molar refractivity (Wildman–Crippen MR) is 92.9 cm³/mol. The van der Waals surface area contributed by atoms with Crippen LogP contribution in [0.25, 0.3) is 0 Å². The highest BCUT2D eigenvalue weighted by Crippen LogP contribution is 2.29. The van der Waals surface area contributed by atoms with E-state index in [-0.39, 0.29) is 6.04 Å². The number of hydrogen-bond donors (Lipinski definition) is 0. The number of nitrogens with zero attached hydrogens (tertiary/aromatic N) is 7. The van der Waals surface area contributed by atoms with E-state index in [0.717, 1.165) is 16.8 Å². The Kier molecular flexibility index (Phi) is 4.08. The standard InChI is InChI=1S/C16H19N7O2S/c1-12-3-4-16(13(2)7-12)26(24,25)21-10-15(11-21)22-8-14(19-20-22)9-23-17-5-6-18-23/h3-8,15H,9-11H2,1-2H3. The van der Waals surface area contributed by atoms with Crippen molar-refractivity contribution in [2.45, 2.75) is 31.3 Å². The monoisotopic (exact) mass is 373 g/mol. The SMILES string of the molecule is Cc1ccc(S(=O)(=O)N2CC(n3cc(Cn4nccn4)nn3)C2)c(C)c1. The highest BCUT2D eigenvalue weighted by atomic mass is 32.2. The molecule has 1 aromatic carbocycles. The Morgan fingerprint density at radius 2 is 1.88 bits per heavy atom. The van der Waals surface area contributed by atoms with Crippen LogP contribution >= 0.6 is 0 Å². The van der Waals surface area contributed by atoms with Crippen LogP contribution in [0.5, 0.6) is 0 Å². The number of rotatable bonds is 5. The zero-order valence-electron chi connectivity index (χ0n) is 14.5. The smallest absolute Gasteiger partial charge is 0.243 e. The second-order valence-corrected chi connectivity index (χ2v) is 8.40. The number of benzene rings is 1. The summed E-state index contributed by atoms with van der Waals surface area (Å²) in [5, 5.41) is 16.3. The Bertz CT molecular complexity index is 1020. The van der Waals surface area contributed by atoms with E-state index in [2.05, 4.69) is 20.5 Å². The molecule has 0 N–H and O–H groups in total. The minimum Gasteiger partial charge on any atom is -0.246 e. The van der Waals surface area contributed by atoms with Gasteiger partial charge in [0.05, 0.1) is 29.5 Å². The summed E-state index contributed by atoms with van der Waals surface area (Å²) < 4.78 is 28.8. The molecule has 1 fully saturated rings. The third-order valence-corrected chi connectivity index (χ3v) is 6.47. The van der Waals surface area contributed by atoms with Gasteiger partial charge in [0.25, 0.3) is 0 Å². The highest BCUT2D eigenvalue weighted by molar-refractivity contribution is 7.89. The fourth-order valence-electron chi connectivity index (χ4n) is 3.04. The lowest BCUT2D eigenvalue weighted by Crippen LogP contribution is -2.50. The predicted octanol–water partition coefficient (Wildman–Crippen LogP) is 0.780. The Labute approximate surface area is 151 Å². The van der Waals surface area contributed by atoms with Crippen LogP contribution in [0.2, 0.25) is 0 Å². The van der Waals surface area contributed by atoms with Crippen LogP contribution in [0.1, 0.15) is 22.9 Å². The second-order valence-electron chi connectivity index (χ2n) is 6.49. The topological polar surface area (TPSA) is 98.8 Å². The summed E-state index contributed by atoms with van der Waals surface area (Å²) >= 11 is 0. The van der Waals surface area contributed by atoms with E-state index in [4.69, 9.17) is 0 Å². The number of hydrogen-bond acceptors (Lipinski definition) is 6. The summed E-state index contributed by atoms with van der Waals surface area (Å²) in [5.41, 5.74) is 2.55. The first-order valence-corrected chi connectivity index (χ1v) is 9.70. The third-order valence-electron chi connectivity index (χ3n) is 4.48. The van der Waals surface area contributed by atoms with Crippen molar-refractivity contribution in [1.82, 2.24) is 34.3 Å². The second kappa shape index (κ2) is 6.29. The molecule has 1 saturated heterocycles. The molecular formula is C16H19N7O2S. The molecule has 0 unspecified atom stereocenters. The molecule has 0 spiro atoms. The average molecular weight is 373 g/mol. The molecule has 0 aliphatic carbocycles. The van der Waals surface area contributed by atoms with E-state index in [9.17, 15) is 8.42 Å². The molecule has 0 bridgehead atoms. The summed E-state index contributed by atoms with van der Waals surface area (Å²) in [6.45, 7) is 4.98. The van der Waals surface area contributed by atoms with Crippen LogP contribution in [-0.2, 0) is 16.6 Å². The van der Waals surface area contributed by atoms with E-state index in [0.29, 0.717) is 24.5 Å². The summed E-state index contributed by atoms with van der Waals surface area (Å²) in [4.78, 5) is 1.89. The summed E-state index contributed by atoms with van der Waals surface area (Å²) in [7, 11) is -3.48. The van der Waals surface area contributed by atoms with E-state index < -0.39 is 10.0 Å². The lowest BCUT2D eigenvalue weighted by Gasteiger charge is -2.37. The van der Waals surface area contributed by atoms with E-state index in [1.807, 2.05) is 32.2 Å². The molecule has 0 atom stereocenters. The first-order chi connectivity index (χ1) is 12.4. The number of aryl methyl sites for hydroxylation is 2. The largest absolute Gasteiger partial charge is 0.246 e. The van der Waals surface area contributed by atoms with Crippen LogP contribution in [0, 0.1) is 13.8 Å². The summed E-state index contributed by atoms with van der Waals surface area (Å²) in [5.74, 6) is 0. The molecule has 0 amide bonds. The molecule has 26 heavy (non-hydrogen) atoms. The van der Waals surface area contributed by atoms with Crippen molar-refractivity contribution in [3.8, 4) is 0 Å². The summed E-state index contributed by atoms with van der Waals surface area (Å²) in [6, 6.07) is 5.38. The molecule has 1 aliphatic heterocycles. The minimum absolute atomic E-state index is 0.0117. The fraction of sp³-hybridized carbons (Fsp3) is 0.375. The minimum atomic E-state index is -3.48. The molecule has 4 rings (SSSR count). The quantitative estimate of drug-likeness (QED) is 0.655. The van der Waals surface area contributed by atoms with Gasteiger partial charge < -0.3 is 0 Å².